The van der Waals surface area contributed by atoms with E-state index in [1.807, 2.05) is 24.3 Å². The van der Waals surface area contributed by atoms with Crippen molar-refractivity contribution >= 4 is 34.8 Å². The molecule has 0 atom stereocenters. The number of ether oxygens (including phenoxy) is 1. The first-order valence-corrected chi connectivity index (χ1v) is 12.2. The zero-order chi connectivity index (χ0) is 25.2. The molecule has 0 bridgehead atoms. The van der Waals surface area contributed by atoms with E-state index in [0.717, 1.165) is 11.4 Å². The second kappa shape index (κ2) is 10.2. The third-order valence-corrected chi connectivity index (χ3v) is 6.96. The summed E-state index contributed by atoms with van der Waals surface area (Å²) < 4.78 is 21.6. The Kier molecular flexibility index (Phi) is 6.85. The van der Waals surface area contributed by atoms with Crippen LogP contribution in [0.1, 0.15) is 10.5 Å². The molecule has 6 nitrogen and oxygen atoms in total. The van der Waals surface area contributed by atoms with Gasteiger partial charge in [0.2, 0.25) is 0 Å². The Morgan fingerprint density at radius 2 is 1.64 bits per heavy atom. The highest BCUT2D eigenvalue weighted by atomic mass is 35.5. The van der Waals surface area contributed by atoms with Gasteiger partial charge in [-0.3, -0.25) is 4.79 Å². The van der Waals surface area contributed by atoms with Crippen LogP contribution in [0, 0.1) is 5.82 Å². The monoisotopic (exact) mass is 524 g/mol. The van der Waals surface area contributed by atoms with Gasteiger partial charge in [-0.25, -0.2) is 9.07 Å². The van der Waals surface area contributed by atoms with E-state index in [0.29, 0.717) is 58.9 Å². The van der Waals surface area contributed by atoms with E-state index in [2.05, 4.69) is 10.00 Å². The van der Waals surface area contributed by atoms with Gasteiger partial charge in [-0.2, -0.15) is 5.10 Å². The molecule has 1 saturated heterocycles. The molecule has 1 aliphatic rings. The molecule has 1 aromatic heterocycles. The number of hydrogen-bond acceptors (Lipinski definition) is 4. The van der Waals surface area contributed by atoms with Crippen LogP contribution in [0.2, 0.25) is 10.0 Å². The average Bonchev–Trinajstić information content (AvgIpc) is 3.35. The zero-order valence-electron chi connectivity index (χ0n) is 19.5. The van der Waals surface area contributed by atoms with Crippen molar-refractivity contribution in [2.45, 2.75) is 0 Å². The molecule has 9 heteroatoms. The third kappa shape index (κ3) is 4.64. The number of benzene rings is 3. The minimum absolute atomic E-state index is 0.198. The van der Waals surface area contributed by atoms with Gasteiger partial charge >= 0.3 is 0 Å². The predicted octanol–water partition coefficient (Wildman–Crippen LogP) is 5.96. The second-order valence-electron chi connectivity index (χ2n) is 8.36. The molecule has 5 rings (SSSR count). The number of halogens is 3. The summed E-state index contributed by atoms with van der Waals surface area (Å²) in [6, 6.07) is 20.8. The van der Waals surface area contributed by atoms with Crippen LogP contribution in [0.3, 0.4) is 0 Å². The first-order chi connectivity index (χ1) is 17.5. The minimum Gasteiger partial charge on any atom is -0.495 e. The van der Waals surface area contributed by atoms with E-state index < -0.39 is 5.82 Å². The Balaban J connectivity index is 1.46. The highest BCUT2D eigenvalue weighted by Crippen LogP contribution is 2.30. The average molecular weight is 525 g/mol. The fraction of sp³-hybridized carbons (Fsp3) is 0.185. The Labute approximate surface area is 218 Å². The number of rotatable bonds is 5. The summed E-state index contributed by atoms with van der Waals surface area (Å²) in [5.74, 6) is 0.182. The molecule has 0 radical (unpaired) electrons. The molecule has 1 aliphatic heterocycles. The molecule has 3 aromatic carbocycles. The number of anilines is 1. The number of carbonyl (C=O) groups is 1. The van der Waals surface area contributed by atoms with E-state index in [9.17, 15) is 9.18 Å². The Morgan fingerprint density at radius 3 is 2.36 bits per heavy atom. The standard InChI is InChI=1S/C27H23Cl2FN4O2/c1-36-26-9-5-4-8-24(26)32-12-14-33(15-13-32)27(35)25-17-23(19-6-2-3-7-22(19)30)31-34(25)18-10-11-20(28)21(29)16-18/h2-11,16-17H,12-15H2,1H3. The first-order valence-electron chi connectivity index (χ1n) is 11.4. The minimum atomic E-state index is -0.416. The van der Waals surface area contributed by atoms with Crippen molar-refractivity contribution in [2.75, 3.05) is 38.2 Å². The van der Waals surface area contributed by atoms with Crippen molar-refractivity contribution in [3.63, 3.8) is 0 Å². The number of amides is 1. The van der Waals surface area contributed by atoms with Crippen molar-refractivity contribution in [3.8, 4) is 22.7 Å². The van der Waals surface area contributed by atoms with Crippen LogP contribution in [0.4, 0.5) is 10.1 Å². The summed E-state index contributed by atoms with van der Waals surface area (Å²) >= 11 is 12.3. The second-order valence-corrected chi connectivity index (χ2v) is 9.17. The largest absolute Gasteiger partial charge is 0.495 e. The van der Waals surface area contributed by atoms with Crippen LogP contribution in [0.25, 0.3) is 16.9 Å². The number of hydrogen-bond donors (Lipinski definition) is 0. The molecule has 0 N–H and O–H groups in total. The molecule has 4 aromatic rings. The van der Waals surface area contributed by atoms with Gasteiger partial charge in [0.25, 0.3) is 5.91 Å². The van der Waals surface area contributed by atoms with E-state index in [-0.39, 0.29) is 5.91 Å². The van der Waals surface area contributed by atoms with E-state index in [1.54, 1.807) is 54.5 Å². The fourth-order valence-corrected chi connectivity index (χ4v) is 4.64. The summed E-state index contributed by atoms with van der Waals surface area (Å²) in [7, 11) is 1.65. The van der Waals surface area contributed by atoms with E-state index in [1.165, 1.54) is 10.7 Å². The lowest BCUT2D eigenvalue weighted by Gasteiger charge is -2.36. The molecule has 2 heterocycles. The molecule has 1 amide bonds. The number of aromatic nitrogens is 2. The van der Waals surface area contributed by atoms with Crippen LogP contribution in [0.5, 0.6) is 5.75 Å². The number of nitrogens with zero attached hydrogens (tertiary/aromatic N) is 4. The molecule has 0 unspecified atom stereocenters. The highest BCUT2D eigenvalue weighted by molar-refractivity contribution is 6.42. The van der Waals surface area contributed by atoms with Gasteiger partial charge < -0.3 is 14.5 Å². The summed E-state index contributed by atoms with van der Waals surface area (Å²) in [6.45, 7) is 2.32. The maximum absolute atomic E-state index is 14.6. The number of para-hydroxylation sites is 2. The van der Waals surface area contributed by atoms with Gasteiger partial charge in [0.05, 0.1) is 34.2 Å². The SMILES string of the molecule is COc1ccccc1N1CCN(C(=O)c2cc(-c3ccccc3F)nn2-c2ccc(Cl)c(Cl)c2)CC1. The summed E-state index contributed by atoms with van der Waals surface area (Å²) in [5, 5.41) is 5.31. The topological polar surface area (TPSA) is 50.6 Å². The van der Waals surface area contributed by atoms with Crippen LogP contribution >= 0.6 is 23.2 Å². The molecule has 0 aliphatic carbocycles. The van der Waals surface area contributed by atoms with Crippen LogP contribution in [0.15, 0.2) is 72.8 Å². The number of methoxy groups -OCH3 is 1. The summed E-state index contributed by atoms with van der Waals surface area (Å²) in [4.78, 5) is 17.7. The summed E-state index contributed by atoms with van der Waals surface area (Å²) in [6.07, 6.45) is 0. The quantitative estimate of drug-likeness (QED) is 0.323. The lowest BCUT2D eigenvalue weighted by atomic mass is 10.1. The van der Waals surface area contributed by atoms with Crippen LogP contribution in [-0.4, -0.2) is 53.9 Å². The van der Waals surface area contributed by atoms with Gasteiger partial charge in [0, 0.05) is 31.7 Å². The Bertz CT molecular complexity index is 1420. The van der Waals surface area contributed by atoms with Gasteiger partial charge in [-0.05, 0) is 48.5 Å². The van der Waals surface area contributed by atoms with Gasteiger partial charge in [-0.15, -0.1) is 0 Å². The van der Waals surface area contributed by atoms with Gasteiger partial charge in [-0.1, -0.05) is 47.5 Å². The highest BCUT2D eigenvalue weighted by Gasteiger charge is 2.27. The molecule has 36 heavy (non-hydrogen) atoms. The molecular formula is C27H23Cl2FN4O2. The van der Waals surface area contributed by atoms with Crippen molar-refractivity contribution in [3.05, 3.63) is 94.4 Å². The van der Waals surface area contributed by atoms with Crippen molar-refractivity contribution in [1.29, 1.82) is 0 Å². The Morgan fingerprint density at radius 1 is 0.917 bits per heavy atom. The molecule has 184 valence electrons. The maximum atomic E-state index is 14.6. The van der Waals surface area contributed by atoms with Gasteiger partial charge in [0.15, 0.2) is 0 Å². The lowest BCUT2D eigenvalue weighted by molar-refractivity contribution is 0.0737. The normalized spacial score (nSPS) is 13.7. The van der Waals surface area contributed by atoms with E-state index in [4.69, 9.17) is 27.9 Å². The smallest absolute Gasteiger partial charge is 0.272 e. The zero-order valence-corrected chi connectivity index (χ0v) is 21.0. The molecule has 0 spiro atoms. The van der Waals surface area contributed by atoms with Crippen molar-refractivity contribution < 1.29 is 13.9 Å². The van der Waals surface area contributed by atoms with Gasteiger partial charge in [0.1, 0.15) is 17.3 Å². The molecule has 1 fully saturated rings. The third-order valence-electron chi connectivity index (χ3n) is 6.22. The summed E-state index contributed by atoms with van der Waals surface area (Å²) in [5.41, 5.74) is 2.54. The fourth-order valence-electron chi connectivity index (χ4n) is 4.35. The van der Waals surface area contributed by atoms with Crippen LogP contribution < -0.4 is 9.64 Å². The van der Waals surface area contributed by atoms with Crippen molar-refractivity contribution in [2.24, 2.45) is 0 Å². The Hall–Kier alpha value is -3.55. The number of carbonyl (C=O) groups excluding carboxylic acids is 1. The lowest BCUT2D eigenvalue weighted by Crippen LogP contribution is -2.49. The molecule has 0 saturated carbocycles. The number of piperazine rings is 1. The first kappa shape index (κ1) is 24.2. The predicted molar refractivity (Wildman–Crippen MR) is 140 cm³/mol. The maximum Gasteiger partial charge on any atom is 0.272 e. The van der Waals surface area contributed by atoms with Crippen molar-refractivity contribution in [1.82, 2.24) is 14.7 Å². The van der Waals surface area contributed by atoms with Crippen LogP contribution in [-0.2, 0) is 0 Å². The molecular weight excluding hydrogens is 502 g/mol. The van der Waals surface area contributed by atoms with E-state index >= 15 is 0 Å².